The van der Waals surface area contributed by atoms with Gasteiger partial charge < -0.3 is 10.6 Å². The quantitative estimate of drug-likeness (QED) is 0.771. The maximum atomic E-state index is 12.4. The summed E-state index contributed by atoms with van der Waals surface area (Å²) in [6.07, 6.45) is 3.93. The minimum absolute atomic E-state index is 0.0259. The number of thiocarbonyl (C=S) groups is 1. The molecule has 16 heavy (non-hydrogen) atoms. The van der Waals surface area contributed by atoms with Crippen molar-refractivity contribution >= 4 is 23.1 Å². The molecule has 1 fully saturated rings. The Morgan fingerprint density at radius 2 is 2.12 bits per heavy atom. The van der Waals surface area contributed by atoms with Crippen LogP contribution in [0.4, 0.5) is 0 Å². The number of carbonyl (C=O) groups excluding carboxylic acids is 1. The minimum atomic E-state index is -0.305. The van der Waals surface area contributed by atoms with Crippen molar-refractivity contribution in [1.29, 1.82) is 0 Å². The van der Waals surface area contributed by atoms with E-state index in [2.05, 4.69) is 0 Å². The van der Waals surface area contributed by atoms with Crippen LogP contribution in [0.5, 0.6) is 0 Å². The molecule has 3 nitrogen and oxygen atoms in total. The smallest absolute Gasteiger partial charge is 0.228 e. The number of carbonyl (C=O) groups is 1. The molecule has 0 aromatic carbocycles. The normalized spacial score (nSPS) is 21.9. The molecule has 1 unspecified atom stereocenters. The van der Waals surface area contributed by atoms with Crippen LogP contribution >= 0.6 is 12.2 Å². The lowest BCUT2D eigenvalue weighted by Gasteiger charge is -2.39. The average molecular weight is 242 g/mol. The molecule has 4 heteroatoms. The first-order valence-electron chi connectivity index (χ1n) is 6.00. The van der Waals surface area contributed by atoms with Crippen molar-refractivity contribution in [3.63, 3.8) is 0 Å². The molecule has 1 amide bonds. The van der Waals surface area contributed by atoms with Crippen LogP contribution in [-0.4, -0.2) is 28.4 Å². The summed E-state index contributed by atoms with van der Waals surface area (Å²) in [5.74, 6) is 0.188. The third-order valence-electron chi connectivity index (χ3n) is 3.55. The van der Waals surface area contributed by atoms with E-state index in [1.165, 1.54) is 0 Å². The molecule has 1 aliphatic rings. The van der Waals surface area contributed by atoms with Gasteiger partial charge in [0.25, 0.3) is 0 Å². The highest BCUT2D eigenvalue weighted by Crippen LogP contribution is 2.27. The fourth-order valence-electron chi connectivity index (χ4n) is 2.01. The Bertz CT molecular complexity index is 289. The van der Waals surface area contributed by atoms with Crippen molar-refractivity contribution in [2.45, 2.75) is 52.5 Å². The van der Waals surface area contributed by atoms with E-state index in [0.29, 0.717) is 4.99 Å². The van der Waals surface area contributed by atoms with Crippen LogP contribution in [0.15, 0.2) is 0 Å². The van der Waals surface area contributed by atoms with Gasteiger partial charge in [0.15, 0.2) is 0 Å². The van der Waals surface area contributed by atoms with Crippen LogP contribution in [0.2, 0.25) is 0 Å². The Balaban J connectivity index is 2.83. The Morgan fingerprint density at radius 1 is 1.50 bits per heavy atom. The summed E-state index contributed by atoms with van der Waals surface area (Å²) in [6.45, 7) is 6.81. The van der Waals surface area contributed by atoms with Gasteiger partial charge in [0, 0.05) is 12.0 Å². The molecule has 1 heterocycles. The molecule has 1 aliphatic heterocycles. The number of amides is 1. The maximum absolute atomic E-state index is 12.4. The van der Waals surface area contributed by atoms with Crippen molar-refractivity contribution in [1.82, 2.24) is 4.90 Å². The maximum Gasteiger partial charge on any atom is 0.228 e. The number of piperidine rings is 1. The Kier molecular flexibility index (Phi) is 4.30. The van der Waals surface area contributed by atoms with Crippen LogP contribution in [-0.2, 0) is 4.79 Å². The second-order valence-electron chi connectivity index (χ2n) is 5.15. The molecule has 0 spiro atoms. The number of hydrogen-bond donors (Lipinski definition) is 1. The number of nitrogens with two attached hydrogens (primary N) is 1. The van der Waals surface area contributed by atoms with E-state index in [1.807, 2.05) is 25.7 Å². The number of hydrogen-bond acceptors (Lipinski definition) is 2. The Hall–Kier alpha value is -0.640. The van der Waals surface area contributed by atoms with Crippen LogP contribution in [0.3, 0.4) is 0 Å². The zero-order valence-electron chi connectivity index (χ0n) is 10.5. The molecule has 0 aromatic heterocycles. The molecule has 1 atom stereocenters. The third-order valence-corrected chi connectivity index (χ3v) is 3.83. The summed E-state index contributed by atoms with van der Waals surface area (Å²) in [5, 5.41) is 0. The molecule has 0 aliphatic carbocycles. The minimum Gasteiger partial charge on any atom is -0.392 e. The highest BCUT2D eigenvalue weighted by molar-refractivity contribution is 7.80. The third kappa shape index (κ3) is 2.73. The molecular weight excluding hydrogens is 220 g/mol. The Morgan fingerprint density at radius 3 is 2.62 bits per heavy atom. The van der Waals surface area contributed by atoms with E-state index >= 15 is 0 Å². The molecule has 1 saturated heterocycles. The number of rotatable bonds is 3. The lowest BCUT2D eigenvalue weighted by Crippen LogP contribution is -2.53. The van der Waals surface area contributed by atoms with E-state index in [9.17, 15) is 4.79 Å². The highest BCUT2D eigenvalue weighted by Gasteiger charge is 2.36. The van der Waals surface area contributed by atoms with Crippen molar-refractivity contribution in [2.24, 2.45) is 11.1 Å². The number of likely N-dealkylation sites (tertiary alicyclic amines) is 1. The van der Waals surface area contributed by atoms with Crippen LogP contribution < -0.4 is 5.73 Å². The summed E-state index contributed by atoms with van der Waals surface area (Å²) in [4.78, 5) is 14.7. The van der Waals surface area contributed by atoms with E-state index in [4.69, 9.17) is 18.0 Å². The molecule has 0 radical (unpaired) electrons. The first-order valence-corrected chi connectivity index (χ1v) is 6.41. The highest BCUT2D eigenvalue weighted by atomic mass is 32.1. The van der Waals surface area contributed by atoms with Crippen LogP contribution in [0.1, 0.15) is 46.5 Å². The van der Waals surface area contributed by atoms with Gasteiger partial charge in [0.1, 0.15) is 0 Å². The lowest BCUT2D eigenvalue weighted by molar-refractivity contribution is -0.142. The summed E-state index contributed by atoms with van der Waals surface area (Å²) < 4.78 is 0. The molecule has 1 rings (SSSR count). The largest absolute Gasteiger partial charge is 0.392 e. The van der Waals surface area contributed by atoms with E-state index in [1.54, 1.807) is 0 Å². The van der Waals surface area contributed by atoms with Gasteiger partial charge in [-0.1, -0.05) is 33.0 Å². The molecular formula is C12H22N2OS. The van der Waals surface area contributed by atoms with Crippen LogP contribution in [0.25, 0.3) is 0 Å². The van der Waals surface area contributed by atoms with Gasteiger partial charge in [-0.15, -0.1) is 0 Å². The first kappa shape index (κ1) is 13.4. The average Bonchev–Trinajstić information content (AvgIpc) is 2.28. The summed E-state index contributed by atoms with van der Waals surface area (Å²) in [5.41, 5.74) is 5.41. The van der Waals surface area contributed by atoms with Gasteiger partial charge >= 0.3 is 0 Å². The topological polar surface area (TPSA) is 46.3 Å². The fourth-order valence-corrected chi connectivity index (χ4v) is 2.26. The molecule has 0 aromatic rings. The van der Waals surface area contributed by atoms with E-state index in [-0.39, 0.29) is 17.4 Å². The molecule has 92 valence electrons. The Labute approximate surface area is 103 Å². The van der Waals surface area contributed by atoms with Gasteiger partial charge in [-0.05, 0) is 25.7 Å². The van der Waals surface area contributed by atoms with Crippen LogP contribution in [0, 0.1) is 5.41 Å². The summed E-state index contributed by atoms with van der Waals surface area (Å²) >= 11 is 5.05. The van der Waals surface area contributed by atoms with E-state index in [0.717, 1.165) is 32.2 Å². The van der Waals surface area contributed by atoms with Crippen molar-refractivity contribution in [2.75, 3.05) is 6.54 Å². The number of nitrogens with zero attached hydrogens (tertiary/aromatic N) is 1. The van der Waals surface area contributed by atoms with Gasteiger partial charge in [-0.2, -0.15) is 0 Å². The van der Waals surface area contributed by atoms with E-state index < -0.39 is 0 Å². The van der Waals surface area contributed by atoms with Gasteiger partial charge in [0.2, 0.25) is 5.91 Å². The molecule has 0 bridgehead atoms. The second-order valence-corrected chi connectivity index (χ2v) is 5.62. The van der Waals surface area contributed by atoms with Gasteiger partial charge in [-0.25, -0.2) is 0 Å². The van der Waals surface area contributed by atoms with Gasteiger partial charge in [0.05, 0.1) is 11.0 Å². The zero-order chi connectivity index (χ0) is 12.3. The first-order chi connectivity index (χ1) is 7.40. The fraction of sp³-hybridized carbons (Fsp3) is 0.833. The SMILES string of the molecule is CCC(C)(C)C(=O)N1CCCCC1C(N)=S. The second kappa shape index (κ2) is 5.13. The van der Waals surface area contributed by atoms with Crippen molar-refractivity contribution in [3.8, 4) is 0 Å². The zero-order valence-corrected chi connectivity index (χ0v) is 11.3. The lowest BCUT2D eigenvalue weighted by atomic mass is 9.86. The molecule has 2 N–H and O–H groups in total. The summed E-state index contributed by atoms with van der Waals surface area (Å²) in [6, 6.07) is -0.0259. The standard InChI is InChI=1S/C12H22N2OS/c1-4-12(2,3)11(15)14-8-6-5-7-9(14)10(13)16/h9H,4-8H2,1-3H3,(H2,13,16). The summed E-state index contributed by atoms with van der Waals surface area (Å²) in [7, 11) is 0. The van der Waals surface area contributed by atoms with Crippen molar-refractivity contribution < 1.29 is 4.79 Å². The van der Waals surface area contributed by atoms with Crippen molar-refractivity contribution in [3.05, 3.63) is 0 Å². The monoisotopic (exact) mass is 242 g/mol. The van der Waals surface area contributed by atoms with Gasteiger partial charge in [-0.3, -0.25) is 4.79 Å². The predicted octanol–water partition coefficient (Wildman–Crippen LogP) is 2.09. The predicted molar refractivity (Wildman–Crippen MR) is 70.2 cm³/mol. The molecule has 0 saturated carbocycles.